The van der Waals surface area contributed by atoms with Crippen LogP contribution in [-0.2, 0) is 23.8 Å². The van der Waals surface area contributed by atoms with Gasteiger partial charge in [-0.2, -0.15) is 0 Å². The van der Waals surface area contributed by atoms with E-state index in [1.807, 2.05) is 6.08 Å². The molecule has 1 aliphatic rings. The van der Waals surface area contributed by atoms with Crippen LogP contribution in [0.3, 0.4) is 0 Å². The van der Waals surface area contributed by atoms with E-state index < -0.39 is 49.5 Å². The summed E-state index contributed by atoms with van der Waals surface area (Å²) in [6.07, 6.45) is 46.8. The van der Waals surface area contributed by atoms with Gasteiger partial charge in [-0.05, 0) is 70.6 Å². The largest absolute Gasteiger partial charge is 0.466 e. The maximum atomic E-state index is 13.0. The molecule has 1 fully saturated rings. The van der Waals surface area contributed by atoms with Gasteiger partial charge < -0.3 is 45.1 Å². The van der Waals surface area contributed by atoms with Crippen molar-refractivity contribution in [1.29, 1.82) is 0 Å². The smallest absolute Gasteiger partial charge is 0.305 e. The summed E-state index contributed by atoms with van der Waals surface area (Å²) >= 11 is 0. The highest BCUT2D eigenvalue weighted by molar-refractivity contribution is 5.76. The molecule has 0 radical (unpaired) electrons. The van der Waals surface area contributed by atoms with Crippen molar-refractivity contribution in [3.05, 3.63) is 36.5 Å². The third-order valence-corrected chi connectivity index (χ3v) is 13.2. The molecule has 1 amide bonds. The van der Waals surface area contributed by atoms with Gasteiger partial charge in [-0.3, -0.25) is 9.59 Å². The Labute approximate surface area is 415 Å². The van der Waals surface area contributed by atoms with E-state index in [0.717, 1.165) is 89.9 Å². The zero-order valence-electron chi connectivity index (χ0n) is 43.6. The Morgan fingerprint density at radius 1 is 0.529 bits per heavy atom. The fourth-order valence-corrected chi connectivity index (χ4v) is 8.68. The van der Waals surface area contributed by atoms with Crippen molar-refractivity contribution >= 4 is 11.9 Å². The molecule has 0 bridgehead atoms. The number of hydrogen-bond acceptors (Lipinski definition) is 10. The van der Waals surface area contributed by atoms with E-state index in [2.05, 4.69) is 43.5 Å². The van der Waals surface area contributed by atoms with Crippen molar-refractivity contribution in [2.75, 3.05) is 19.8 Å². The number of nitrogens with one attached hydrogen (secondary N) is 1. The minimum atomic E-state index is -1.58. The third-order valence-electron chi connectivity index (χ3n) is 13.2. The lowest BCUT2D eigenvalue weighted by Crippen LogP contribution is -2.60. The van der Waals surface area contributed by atoms with Gasteiger partial charge in [0, 0.05) is 12.8 Å². The Morgan fingerprint density at radius 3 is 1.49 bits per heavy atom. The van der Waals surface area contributed by atoms with Crippen LogP contribution in [0.2, 0.25) is 0 Å². The number of hydrogen-bond donors (Lipinski definition) is 6. The third kappa shape index (κ3) is 36.8. The molecule has 0 aromatic carbocycles. The van der Waals surface area contributed by atoms with E-state index in [1.54, 1.807) is 6.08 Å². The molecule has 1 aliphatic heterocycles. The van der Waals surface area contributed by atoms with E-state index in [4.69, 9.17) is 14.2 Å². The van der Waals surface area contributed by atoms with Crippen LogP contribution in [0.1, 0.15) is 251 Å². The standard InChI is InChI=1S/C57H105NO10/c1-3-5-7-9-11-13-14-15-18-22-25-29-33-37-41-45-53(62)66-46-42-38-34-30-26-23-20-17-16-19-21-24-28-32-36-40-44-52(61)58-49(50(60)43-39-35-31-27-12-10-8-6-4-2)48-67-57-56(65)55(64)54(63)51(47-59)68-57/h12,16,19,27,39,43,49-51,54-57,59-60,63-65H,3-11,13-15,17-18,20-26,28-38,40-42,44-48H2,1-2H3,(H,58,61)/b19-16-,27-12+,43-39+. The number of rotatable bonds is 48. The van der Waals surface area contributed by atoms with Crippen LogP contribution >= 0.6 is 0 Å². The first-order chi connectivity index (χ1) is 33.2. The zero-order chi connectivity index (χ0) is 49.6. The molecule has 0 spiro atoms. The number of ether oxygens (including phenoxy) is 3. The van der Waals surface area contributed by atoms with Gasteiger partial charge >= 0.3 is 5.97 Å². The monoisotopic (exact) mass is 964 g/mol. The Kier molecular flexibility index (Phi) is 44.4. The summed E-state index contributed by atoms with van der Waals surface area (Å²) in [6, 6.07) is -0.838. The topological polar surface area (TPSA) is 175 Å². The van der Waals surface area contributed by atoms with Crippen LogP contribution in [-0.4, -0.2) is 100 Å². The number of unbranched alkanes of at least 4 members (excludes halogenated alkanes) is 30. The second-order valence-electron chi connectivity index (χ2n) is 19.6. The summed E-state index contributed by atoms with van der Waals surface area (Å²) in [7, 11) is 0. The summed E-state index contributed by atoms with van der Waals surface area (Å²) in [5.74, 6) is -0.231. The quantitative estimate of drug-likeness (QED) is 0.0196. The molecule has 6 N–H and O–H groups in total. The minimum Gasteiger partial charge on any atom is -0.466 e. The lowest BCUT2D eigenvalue weighted by molar-refractivity contribution is -0.302. The summed E-state index contributed by atoms with van der Waals surface area (Å²) in [6.45, 7) is 4.24. The average molecular weight is 964 g/mol. The van der Waals surface area contributed by atoms with Gasteiger partial charge in [0.15, 0.2) is 6.29 Å². The van der Waals surface area contributed by atoms with Gasteiger partial charge in [-0.25, -0.2) is 0 Å². The second-order valence-corrected chi connectivity index (χ2v) is 19.6. The Hall–Kier alpha value is -2.12. The molecule has 0 saturated carbocycles. The molecule has 11 heteroatoms. The fourth-order valence-electron chi connectivity index (χ4n) is 8.68. The number of aliphatic hydroxyl groups excluding tert-OH is 5. The average Bonchev–Trinajstić information content (AvgIpc) is 3.33. The molecule has 0 aliphatic carbocycles. The number of carbonyl (C=O) groups is 2. The molecule has 7 atom stereocenters. The van der Waals surface area contributed by atoms with Gasteiger partial charge in [0.1, 0.15) is 24.4 Å². The van der Waals surface area contributed by atoms with Gasteiger partial charge in [-0.1, -0.05) is 204 Å². The molecule has 11 nitrogen and oxygen atoms in total. The lowest BCUT2D eigenvalue weighted by atomic mass is 9.99. The van der Waals surface area contributed by atoms with Crippen molar-refractivity contribution in [1.82, 2.24) is 5.32 Å². The molecule has 1 heterocycles. The van der Waals surface area contributed by atoms with Crippen LogP contribution in [0, 0.1) is 0 Å². The first kappa shape index (κ1) is 63.9. The molecular formula is C57H105NO10. The molecule has 1 saturated heterocycles. The number of allylic oxidation sites excluding steroid dienone is 5. The maximum Gasteiger partial charge on any atom is 0.305 e. The van der Waals surface area contributed by atoms with Crippen molar-refractivity contribution in [3.63, 3.8) is 0 Å². The van der Waals surface area contributed by atoms with Crippen LogP contribution in [0.4, 0.5) is 0 Å². The summed E-state index contributed by atoms with van der Waals surface area (Å²) < 4.78 is 16.6. The molecular weight excluding hydrogens is 859 g/mol. The van der Waals surface area contributed by atoms with Gasteiger partial charge in [0.25, 0.3) is 0 Å². The maximum absolute atomic E-state index is 13.0. The Morgan fingerprint density at radius 2 is 0.956 bits per heavy atom. The van der Waals surface area contributed by atoms with Gasteiger partial charge in [-0.15, -0.1) is 0 Å². The number of carbonyl (C=O) groups excluding carboxylic acids is 2. The number of esters is 1. The summed E-state index contributed by atoms with van der Waals surface area (Å²) in [5.41, 5.74) is 0. The van der Waals surface area contributed by atoms with E-state index in [9.17, 15) is 35.1 Å². The van der Waals surface area contributed by atoms with Crippen LogP contribution in [0.25, 0.3) is 0 Å². The Bertz CT molecular complexity index is 1230. The van der Waals surface area contributed by atoms with Crippen molar-refractivity contribution < 1.29 is 49.3 Å². The lowest BCUT2D eigenvalue weighted by Gasteiger charge is -2.40. The van der Waals surface area contributed by atoms with Gasteiger partial charge in [0.2, 0.25) is 5.91 Å². The highest BCUT2D eigenvalue weighted by Gasteiger charge is 2.44. The van der Waals surface area contributed by atoms with E-state index in [1.165, 1.54) is 135 Å². The van der Waals surface area contributed by atoms with Crippen molar-refractivity contribution in [3.8, 4) is 0 Å². The molecule has 0 aromatic heterocycles. The van der Waals surface area contributed by atoms with Crippen LogP contribution in [0.15, 0.2) is 36.5 Å². The zero-order valence-corrected chi connectivity index (χ0v) is 43.6. The normalized spacial score (nSPS) is 19.7. The van der Waals surface area contributed by atoms with Crippen LogP contribution in [0.5, 0.6) is 0 Å². The highest BCUT2D eigenvalue weighted by atomic mass is 16.7. The Balaban J connectivity index is 2.08. The first-order valence-electron chi connectivity index (χ1n) is 28.3. The van der Waals surface area contributed by atoms with E-state index in [0.29, 0.717) is 19.4 Å². The van der Waals surface area contributed by atoms with Crippen molar-refractivity contribution in [2.24, 2.45) is 0 Å². The summed E-state index contributed by atoms with van der Waals surface area (Å²) in [4.78, 5) is 25.0. The molecule has 0 aromatic rings. The fraction of sp³-hybridized carbons (Fsp3) is 0.860. The number of amides is 1. The highest BCUT2D eigenvalue weighted by Crippen LogP contribution is 2.23. The molecule has 7 unspecified atom stereocenters. The van der Waals surface area contributed by atoms with Crippen molar-refractivity contribution in [2.45, 2.75) is 294 Å². The number of aliphatic hydroxyl groups is 5. The molecule has 68 heavy (non-hydrogen) atoms. The predicted octanol–water partition coefficient (Wildman–Crippen LogP) is 12.3. The predicted molar refractivity (Wildman–Crippen MR) is 278 cm³/mol. The molecule has 1 rings (SSSR count). The summed E-state index contributed by atoms with van der Waals surface area (Å²) in [5, 5.41) is 54.1. The van der Waals surface area contributed by atoms with Gasteiger partial charge in [0.05, 0.1) is 32.0 Å². The SMILES string of the molecule is CCCCC/C=C/CC/C=C/C(O)C(COC1OC(CO)C(O)C(O)C1O)NC(=O)CCCCCCC/C=C\CCCCCCCCCOC(=O)CCCCCCCCCCCCCCCCC. The second kappa shape index (κ2) is 47.2. The van der Waals surface area contributed by atoms with Crippen LogP contribution < -0.4 is 5.32 Å². The van der Waals surface area contributed by atoms with E-state index in [-0.39, 0.29) is 18.5 Å². The first-order valence-corrected chi connectivity index (χ1v) is 28.3. The van der Waals surface area contributed by atoms with E-state index >= 15 is 0 Å². The minimum absolute atomic E-state index is 0.0193. The molecule has 398 valence electrons.